The molecule has 2 aromatic heterocycles. The summed E-state index contributed by atoms with van der Waals surface area (Å²) in [5.74, 6) is -1.23. The first-order chi connectivity index (χ1) is 13.1. The first-order valence-electron chi connectivity index (χ1n) is 8.65. The Bertz CT molecular complexity index is 1140. The predicted octanol–water partition coefficient (Wildman–Crippen LogP) is 3.74. The third-order valence-electron chi connectivity index (χ3n) is 4.45. The van der Waals surface area contributed by atoms with E-state index in [4.69, 9.17) is 4.98 Å². The van der Waals surface area contributed by atoms with Crippen LogP contribution in [0.15, 0.2) is 79.0 Å². The molecule has 27 heavy (non-hydrogen) atoms. The predicted molar refractivity (Wildman–Crippen MR) is 105 cm³/mol. The lowest BCUT2D eigenvalue weighted by molar-refractivity contribution is -0.297. The van der Waals surface area contributed by atoms with Crippen LogP contribution in [0.3, 0.4) is 0 Å². The van der Waals surface area contributed by atoms with Crippen molar-refractivity contribution in [2.45, 2.75) is 6.92 Å². The second-order valence-electron chi connectivity index (χ2n) is 6.38. The number of pyridine rings is 1. The van der Waals surface area contributed by atoms with E-state index in [0.29, 0.717) is 5.69 Å². The van der Waals surface area contributed by atoms with Crippen molar-refractivity contribution in [2.75, 3.05) is 0 Å². The zero-order valence-corrected chi connectivity index (χ0v) is 14.8. The largest absolute Gasteiger partial charge is 0.545 e. The van der Waals surface area contributed by atoms with Crippen LogP contribution in [0.5, 0.6) is 0 Å². The highest BCUT2D eigenvalue weighted by atomic mass is 16.4. The van der Waals surface area contributed by atoms with E-state index in [1.165, 1.54) is 6.08 Å². The molecule has 2 heterocycles. The molecule has 0 spiro atoms. The third-order valence-corrected chi connectivity index (χ3v) is 4.45. The molecule has 0 aliphatic heterocycles. The Hall–Kier alpha value is -3.66. The second kappa shape index (κ2) is 6.92. The lowest BCUT2D eigenvalue weighted by atomic mass is 10.0. The minimum Gasteiger partial charge on any atom is -0.545 e. The Morgan fingerprint density at radius 2 is 1.59 bits per heavy atom. The molecule has 0 amide bonds. The van der Waals surface area contributed by atoms with Crippen molar-refractivity contribution in [2.24, 2.45) is 0 Å². The molecule has 0 N–H and O–H groups in total. The molecule has 0 unspecified atom stereocenters. The molecular formula is C23H17N2O2-. The van der Waals surface area contributed by atoms with Crippen molar-refractivity contribution in [3.8, 4) is 22.4 Å². The third kappa shape index (κ3) is 3.37. The Morgan fingerprint density at radius 1 is 0.926 bits per heavy atom. The summed E-state index contributed by atoms with van der Waals surface area (Å²) in [5, 5.41) is 10.9. The maximum absolute atomic E-state index is 10.9. The van der Waals surface area contributed by atoms with E-state index >= 15 is 0 Å². The maximum atomic E-state index is 10.9. The number of imidazole rings is 1. The van der Waals surface area contributed by atoms with E-state index < -0.39 is 5.97 Å². The standard InChI is InChI=1S/C23H18N2O2/c1-16-7-13-21-24-23(20(25(21)15-16)12-14-22(26)27)19-10-8-18(9-11-19)17-5-3-2-4-6-17/h2-15H,1H3,(H,26,27)/p-1/b14-12+. The van der Waals surface area contributed by atoms with Crippen molar-refractivity contribution in [1.29, 1.82) is 0 Å². The fraction of sp³-hybridized carbons (Fsp3) is 0.0435. The minimum atomic E-state index is -1.23. The summed E-state index contributed by atoms with van der Waals surface area (Å²) in [7, 11) is 0. The van der Waals surface area contributed by atoms with E-state index in [-0.39, 0.29) is 0 Å². The van der Waals surface area contributed by atoms with Crippen LogP contribution < -0.4 is 5.11 Å². The van der Waals surface area contributed by atoms with Gasteiger partial charge in [0.15, 0.2) is 0 Å². The van der Waals surface area contributed by atoms with Gasteiger partial charge in [-0.05, 0) is 41.8 Å². The highest BCUT2D eigenvalue weighted by Crippen LogP contribution is 2.28. The van der Waals surface area contributed by atoms with Gasteiger partial charge in [-0.25, -0.2) is 4.98 Å². The van der Waals surface area contributed by atoms with E-state index in [9.17, 15) is 9.90 Å². The van der Waals surface area contributed by atoms with Crippen molar-refractivity contribution in [3.63, 3.8) is 0 Å². The van der Waals surface area contributed by atoms with E-state index in [2.05, 4.69) is 12.1 Å². The Balaban J connectivity index is 1.83. The summed E-state index contributed by atoms with van der Waals surface area (Å²) in [6.07, 6.45) is 4.52. The number of fused-ring (bicyclic) bond motifs is 1. The van der Waals surface area contributed by atoms with Gasteiger partial charge in [-0.2, -0.15) is 0 Å². The van der Waals surface area contributed by atoms with Crippen molar-refractivity contribution in [3.05, 3.63) is 90.3 Å². The Morgan fingerprint density at radius 3 is 2.30 bits per heavy atom. The van der Waals surface area contributed by atoms with Crippen LogP contribution >= 0.6 is 0 Å². The molecule has 0 atom stereocenters. The van der Waals surface area contributed by atoms with Gasteiger partial charge in [0.1, 0.15) is 5.65 Å². The zero-order valence-electron chi connectivity index (χ0n) is 14.8. The summed E-state index contributed by atoms with van der Waals surface area (Å²) in [6, 6.07) is 22.2. The lowest BCUT2D eigenvalue weighted by Crippen LogP contribution is -2.18. The summed E-state index contributed by atoms with van der Waals surface area (Å²) in [6.45, 7) is 1.99. The molecule has 4 aromatic rings. The number of carbonyl (C=O) groups excluding carboxylic acids is 1. The number of carbonyl (C=O) groups is 1. The van der Waals surface area contributed by atoms with Gasteiger partial charge in [0.05, 0.1) is 17.4 Å². The van der Waals surface area contributed by atoms with Gasteiger partial charge < -0.3 is 9.90 Å². The zero-order chi connectivity index (χ0) is 18.8. The average Bonchev–Trinajstić information content (AvgIpc) is 3.05. The summed E-state index contributed by atoms with van der Waals surface area (Å²) in [5.41, 5.74) is 6.46. The minimum absolute atomic E-state index is 0.713. The lowest BCUT2D eigenvalue weighted by Gasteiger charge is -2.05. The average molecular weight is 353 g/mol. The fourth-order valence-corrected chi connectivity index (χ4v) is 3.14. The van der Waals surface area contributed by atoms with Crippen LogP contribution in [0.1, 0.15) is 11.3 Å². The number of aliphatic carboxylic acids is 1. The second-order valence-corrected chi connectivity index (χ2v) is 6.38. The molecule has 0 saturated heterocycles. The SMILES string of the molecule is Cc1ccc2nc(-c3ccc(-c4ccccc4)cc3)c(/C=C/C(=O)[O-])n2c1. The molecule has 0 fully saturated rings. The quantitative estimate of drug-likeness (QED) is 0.525. The molecule has 4 heteroatoms. The number of carboxylic acid groups (broad SMARTS) is 1. The van der Waals surface area contributed by atoms with Gasteiger partial charge in [0.25, 0.3) is 0 Å². The summed E-state index contributed by atoms with van der Waals surface area (Å²) in [4.78, 5) is 15.6. The van der Waals surface area contributed by atoms with Gasteiger partial charge in [-0.15, -0.1) is 0 Å². The topological polar surface area (TPSA) is 57.4 Å². The van der Waals surface area contributed by atoms with E-state index in [0.717, 1.165) is 39.7 Å². The van der Waals surface area contributed by atoms with Crippen LogP contribution in [-0.4, -0.2) is 15.4 Å². The van der Waals surface area contributed by atoms with E-state index in [1.807, 2.05) is 72.1 Å². The Labute approximate surface area is 157 Å². The molecule has 0 aliphatic rings. The van der Waals surface area contributed by atoms with Crippen molar-refractivity contribution in [1.82, 2.24) is 9.38 Å². The Kier molecular flexibility index (Phi) is 4.30. The molecule has 132 valence electrons. The smallest absolute Gasteiger partial charge is 0.137 e. The van der Waals surface area contributed by atoms with E-state index in [1.54, 1.807) is 0 Å². The number of hydrogen-bond acceptors (Lipinski definition) is 3. The molecule has 4 nitrogen and oxygen atoms in total. The number of carboxylic acids is 1. The van der Waals surface area contributed by atoms with Crippen LogP contribution in [0, 0.1) is 6.92 Å². The number of aromatic nitrogens is 2. The molecule has 4 rings (SSSR count). The number of hydrogen-bond donors (Lipinski definition) is 0. The monoisotopic (exact) mass is 353 g/mol. The number of aryl methyl sites for hydroxylation is 1. The maximum Gasteiger partial charge on any atom is 0.137 e. The number of benzene rings is 2. The van der Waals surface area contributed by atoms with Gasteiger partial charge in [-0.3, -0.25) is 4.40 Å². The van der Waals surface area contributed by atoms with Crippen LogP contribution in [-0.2, 0) is 4.79 Å². The molecular weight excluding hydrogens is 336 g/mol. The first kappa shape index (κ1) is 16.8. The molecule has 0 radical (unpaired) electrons. The number of rotatable bonds is 4. The van der Waals surface area contributed by atoms with Gasteiger partial charge >= 0.3 is 0 Å². The van der Waals surface area contributed by atoms with Crippen LogP contribution in [0.4, 0.5) is 0 Å². The molecule has 0 saturated carbocycles. The van der Waals surface area contributed by atoms with Gasteiger partial charge in [0, 0.05) is 11.8 Å². The highest BCUT2D eigenvalue weighted by molar-refractivity contribution is 5.86. The number of nitrogens with zero attached hydrogens (tertiary/aromatic N) is 2. The molecule has 0 aliphatic carbocycles. The summed E-state index contributed by atoms with van der Waals surface area (Å²) < 4.78 is 1.90. The first-order valence-corrected chi connectivity index (χ1v) is 8.65. The van der Waals surface area contributed by atoms with Crippen LogP contribution in [0.2, 0.25) is 0 Å². The highest BCUT2D eigenvalue weighted by Gasteiger charge is 2.12. The van der Waals surface area contributed by atoms with Gasteiger partial charge in [0.2, 0.25) is 0 Å². The summed E-state index contributed by atoms with van der Waals surface area (Å²) >= 11 is 0. The molecule has 0 bridgehead atoms. The van der Waals surface area contributed by atoms with Gasteiger partial charge in [-0.1, -0.05) is 60.7 Å². The fourth-order valence-electron chi connectivity index (χ4n) is 3.14. The van der Waals surface area contributed by atoms with Crippen LogP contribution in [0.25, 0.3) is 34.1 Å². The molecule has 2 aromatic carbocycles. The normalized spacial score (nSPS) is 11.3. The van der Waals surface area contributed by atoms with Crippen molar-refractivity contribution < 1.29 is 9.90 Å². The van der Waals surface area contributed by atoms with Crippen molar-refractivity contribution >= 4 is 17.7 Å².